The summed E-state index contributed by atoms with van der Waals surface area (Å²) in [6.45, 7) is 0. The van der Waals surface area contributed by atoms with E-state index in [0.717, 1.165) is 24.3 Å². The van der Waals surface area contributed by atoms with Crippen molar-refractivity contribution in [2.75, 3.05) is 0 Å². The Morgan fingerprint density at radius 2 is 1.16 bits per heavy atom. The first-order valence-electron chi connectivity index (χ1n) is 8.64. The molecule has 0 aromatic heterocycles. The van der Waals surface area contributed by atoms with Crippen LogP contribution in [0.3, 0.4) is 0 Å². The van der Waals surface area contributed by atoms with E-state index >= 15 is 0 Å². The number of hydrogen-bond donors (Lipinski definition) is 0. The van der Waals surface area contributed by atoms with E-state index in [9.17, 15) is 0 Å². The minimum atomic E-state index is 0.637. The third kappa shape index (κ3) is 5.22. The normalized spacial score (nSPS) is 10.2. The van der Waals surface area contributed by atoms with Crippen LogP contribution in [0.25, 0.3) is 0 Å². The van der Waals surface area contributed by atoms with Crippen molar-refractivity contribution in [2.24, 2.45) is 0 Å². The third-order valence-corrected chi connectivity index (χ3v) is 4.17. The minimum absolute atomic E-state index is 0.637. The monoisotopic (exact) mass is 327 g/mol. The number of nitriles is 1. The van der Waals surface area contributed by atoms with Gasteiger partial charge >= 0.3 is 0 Å². The lowest BCUT2D eigenvalue weighted by molar-refractivity contribution is 0.482. The van der Waals surface area contributed by atoms with Crippen LogP contribution in [0, 0.1) is 11.3 Å². The molecule has 0 heterocycles. The predicted molar refractivity (Wildman–Crippen MR) is 101 cm³/mol. The summed E-state index contributed by atoms with van der Waals surface area (Å²) in [5.74, 6) is 1.56. The predicted octanol–water partition coefficient (Wildman–Crippen LogP) is 5.92. The largest absolute Gasteiger partial charge is 0.457 e. The molecule has 2 nitrogen and oxygen atoms in total. The highest BCUT2D eigenvalue weighted by Gasteiger charge is 2.00. The van der Waals surface area contributed by atoms with Crippen LogP contribution in [0.15, 0.2) is 78.9 Å². The molecule has 0 radical (unpaired) electrons. The van der Waals surface area contributed by atoms with Crippen molar-refractivity contribution in [3.05, 3.63) is 95.6 Å². The molecule has 0 aliphatic rings. The molecular weight excluding hydrogens is 306 g/mol. The second-order valence-electron chi connectivity index (χ2n) is 6.07. The zero-order chi connectivity index (χ0) is 17.3. The highest BCUT2D eigenvalue weighted by molar-refractivity contribution is 5.38. The number of ether oxygens (including phenoxy) is 1. The molecule has 0 saturated heterocycles. The fourth-order valence-corrected chi connectivity index (χ4v) is 2.76. The van der Waals surface area contributed by atoms with Crippen LogP contribution < -0.4 is 4.74 Å². The Hall–Kier alpha value is -3.05. The SMILES string of the molecule is N#Cc1ccc(Oc2ccc(CCCCc3ccccc3)cc2)cc1. The van der Waals surface area contributed by atoms with Crippen LogP contribution in [0.4, 0.5) is 0 Å². The summed E-state index contributed by atoms with van der Waals surface area (Å²) in [5.41, 5.74) is 3.38. The van der Waals surface area contributed by atoms with E-state index in [0.29, 0.717) is 5.56 Å². The fourth-order valence-electron chi connectivity index (χ4n) is 2.76. The van der Waals surface area contributed by atoms with Crippen LogP contribution in [0.5, 0.6) is 11.5 Å². The Balaban J connectivity index is 1.46. The Bertz CT molecular complexity index is 815. The molecule has 0 aliphatic carbocycles. The molecule has 0 bridgehead atoms. The van der Waals surface area contributed by atoms with Gasteiger partial charge in [-0.2, -0.15) is 5.26 Å². The van der Waals surface area contributed by atoms with Gasteiger partial charge in [0.25, 0.3) is 0 Å². The van der Waals surface area contributed by atoms with Crippen molar-refractivity contribution in [3.63, 3.8) is 0 Å². The highest BCUT2D eigenvalue weighted by Crippen LogP contribution is 2.22. The molecule has 0 atom stereocenters. The van der Waals surface area contributed by atoms with Crippen LogP contribution in [0.1, 0.15) is 29.5 Å². The van der Waals surface area contributed by atoms with E-state index in [2.05, 4.69) is 48.5 Å². The van der Waals surface area contributed by atoms with E-state index in [1.54, 1.807) is 12.1 Å². The van der Waals surface area contributed by atoms with Gasteiger partial charge in [0.15, 0.2) is 0 Å². The molecule has 0 spiro atoms. The highest BCUT2D eigenvalue weighted by atomic mass is 16.5. The summed E-state index contributed by atoms with van der Waals surface area (Å²) in [5, 5.41) is 8.81. The maximum Gasteiger partial charge on any atom is 0.127 e. The quantitative estimate of drug-likeness (QED) is 0.505. The Morgan fingerprint density at radius 3 is 1.72 bits per heavy atom. The van der Waals surface area contributed by atoms with E-state index in [1.165, 1.54) is 24.0 Å². The molecule has 0 saturated carbocycles. The maximum absolute atomic E-state index is 8.81. The second kappa shape index (κ2) is 8.70. The first-order chi connectivity index (χ1) is 12.3. The smallest absolute Gasteiger partial charge is 0.127 e. The van der Waals surface area contributed by atoms with E-state index in [-0.39, 0.29) is 0 Å². The van der Waals surface area contributed by atoms with Crippen LogP contribution >= 0.6 is 0 Å². The molecule has 3 aromatic carbocycles. The first kappa shape index (κ1) is 16.8. The van der Waals surface area contributed by atoms with Crippen molar-refractivity contribution < 1.29 is 4.74 Å². The van der Waals surface area contributed by atoms with Gasteiger partial charge in [-0.25, -0.2) is 0 Å². The lowest BCUT2D eigenvalue weighted by Gasteiger charge is -2.07. The van der Waals surface area contributed by atoms with Gasteiger partial charge in [-0.15, -0.1) is 0 Å². The number of benzene rings is 3. The molecule has 0 aliphatic heterocycles. The summed E-state index contributed by atoms with van der Waals surface area (Å²) in [6, 6.07) is 28.2. The molecule has 0 unspecified atom stereocenters. The summed E-state index contributed by atoms with van der Waals surface area (Å²) in [7, 11) is 0. The maximum atomic E-state index is 8.81. The van der Waals surface area contributed by atoms with Crippen LogP contribution in [-0.2, 0) is 12.8 Å². The van der Waals surface area contributed by atoms with Gasteiger partial charge in [0, 0.05) is 0 Å². The lowest BCUT2D eigenvalue weighted by Crippen LogP contribution is -1.90. The van der Waals surface area contributed by atoms with Crippen molar-refractivity contribution in [1.29, 1.82) is 5.26 Å². The minimum Gasteiger partial charge on any atom is -0.457 e. The summed E-state index contributed by atoms with van der Waals surface area (Å²) >= 11 is 0. The topological polar surface area (TPSA) is 33.0 Å². The van der Waals surface area contributed by atoms with Gasteiger partial charge in [-0.3, -0.25) is 0 Å². The molecule has 2 heteroatoms. The third-order valence-electron chi connectivity index (χ3n) is 4.17. The van der Waals surface area contributed by atoms with Gasteiger partial charge in [0.2, 0.25) is 0 Å². The van der Waals surface area contributed by atoms with Crippen molar-refractivity contribution in [3.8, 4) is 17.6 Å². The Morgan fingerprint density at radius 1 is 0.640 bits per heavy atom. The summed E-state index contributed by atoms with van der Waals surface area (Å²) < 4.78 is 5.81. The van der Waals surface area contributed by atoms with Gasteiger partial charge in [0.05, 0.1) is 11.6 Å². The number of aryl methyl sites for hydroxylation is 2. The molecule has 0 amide bonds. The number of hydrogen-bond acceptors (Lipinski definition) is 2. The van der Waals surface area contributed by atoms with Gasteiger partial charge in [0.1, 0.15) is 11.5 Å². The molecule has 3 aromatic rings. The van der Waals surface area contributed by atoms with Crippen LogP contribution in [-0.4, -0.2) is 0 Å². The fraction of sp³-hybridized carbons (Fsp3) is 0.174. The Labute approximate surface area is 149 Å². The van der Waals surface area contributed by atoms with Gasteiger partial charge in [-0.05, 0) is 73.2 Å². The van der Waals surface area contributed by atoms with E-state index < -0.39 is 0 Å². The van der Waals surface area contributed by atoms with E-state index in [4.69, 9.17) is 10.00 Å². The van der Waals surface area contributed by atoms with Crippen molar-refractivity contribution >= 4 is 0 Å². The number of nitrogens with zero attached hydrogens (tertiary/aromatic N) is 1. The Kier molecular flexibility index (Phi) is 5.85. The average molecular weight is 327 g/mol. The summed E-state index contributed by atoms with van der Waals surface area (Å²) in [6.07, 6.45) is 4.61. The number of unbranched alkanes of at least 4 members (excludes halogenated alkanes) is 1. The van der Waals surface area contributed by atoms with Crippen molar-refractivity contribution in [1.82, 2.24) is 0 Å². The molecule has 0 N–H and O–H groups in total. The summed E-state index contributed by atoms with van der Waals surface area (Å²) in [4.78, 5) is 0. The lowest BCUT2D eigenvalue weighted by atomic mass is 10.0. The number of rotatable bonds is 7. The van der Waals surface area contributed by atoms with Crippen LogP contribution in [0.2, 0.25) is 0 Å². The molecular formula is C23H21NO. The molecule has 0 fully saturated rings. The van der Waals surface area contributed by atoms with Gasteiger partial charge < -0.3 is 4.74 Å². The van der Waals surface area contributed by atoms with Crippen molar-refractivity contribution in [2.45, 2.75) is 25.7 Å². The average Bonchev–Trinajstić information content (AvgIpc) is 2.68. The zero-order valence-corrected chi connectivity index (χ0v) is 14.2. The van der Waals surface area contributed by atoms with E-state index in [1.807, 2.05) is 24.3 Å². The zero-order valence-electron chi connectivity index (χ0n) is 14.2. The molecule has 25 heavy (non-hydrogen) atoms. The molecule has 124 valence electrons. The second-order valence-corrected chi connectivity index (χ2v) is 6.07. The standard InChI is InChI=1S/C23H21NO/c24-18-21-12-16-23(17-13-21)25-22-14-10-20(11-15-22)9-5-4-8-19-6-2-1-3-7-19/h1-3,6-7,10-17H,4-5,8-9H2. The first-order valence-corrected chi connectivity index (χ1v) is 8.64. The van der Waals surface area contributed by atoms with Gasteiger partial charge in [-0.1, -0.05) is 42.5 Å². The molecule has 3 rings (SSSR count).